The van der Waals surface area contributed by atoms with Crippen LogP contribution in [0, 0.1) is 0 Å². The molecule has 1 spiro atoms. The van der Waals surface area contributed by atoms with Gasteiger partial charge in [0.1, 0.15) is 0 Å². The van der Waals surface area contributed by atoms with E-state index >= 15 is 0 Å². The molecule has 0 atom stereocenters. The Labute approximate surface area is 357 Å². The smallest absolute Gasteiger partial charge is 0.0468 e. The number of anilines is 6. The average molecular weight is 779 g/mol. The summed E-state index contributed by atoms with van der Waals surface area (Å²) in [7, 11) is 0. The second-order valence-electron chi connectivity index (χ2n) is 16.5. The van der Waals surface area contributed by atoms with Crippen LogP contribution in [-0.2, 0) is 5.41 Å². The molecule has 2 nitrogen and oxygen atoms in total. The van der Waals surface area contributed by atoms with Crippen molar-refractivity contribution in [3.8, 4) is 33.4 Å². The molecule has 0 aromatic heterocycles. The highest BCUT2D eigenvalue weighted by atomic mass is 15.1. The van der Waals surface area contributed by atoms with E-state index in [1.807, 2.05) is 0 Å². The molecule has 61 heavy (non-hydrogen) atoms. The van der Waals surface area contributed by atoms with Gasteiger partial charge in [0.05, 0.1) is 0 Å². The van der Waals surface area contributed by atoms with Crippen LogP contribution in [-0.4, -0.2) is 0 Å². The maximum Gasteiger partial charge on any atom is 0.0468 e. The van der Waals surface area contributed by atoms with E-state index in [0.717, 1.165) is 34.1 Å². The van der Waals surface area contributed by atoms with Crippen LogP contribution in [0.3, 0.4) is 0 Å². The fraction of sp³-hybridized carbons (Fsp3) is 0.0508. The van der Waals surface area contributed by atoms with Crippen molar-refractivity contribution in [2.45, 2.75) is 18.3 Å². The van der Waals surface area contributed by atoms with Gasteiger partial charge < -0.3 is 9.80 Å². The summed E-state index contributed by atoms with van der Waals surface area (Å²) >= 11 is 0. The van der Waals surface area contributed by atoms with Crippen LogP contribution in [0.15, 0.2) is 231 Å². The number of nitrogens with zero attached hydrogens (tertiary/aromatic N) is 2. The number of para-hydroxylation sites is 4. The first-order valence-electron chi connectivity index (χ1n) is 21.4. The van der Waals surface area contributed by atoms with Gasteiger partial charge in [-0.15, -0.1) is 0 Å². The number of hydrogen-bond acceptors (Lipinski definition) is 2. The average Bonchev–Trinajstić information content (AvgIpc) is 4.14. The lowest BCUT2D eigenvalue weighted by Gasteiger charge is -2.30. The zero-order valence-corrected chi connectivity index (χ0v) is 33.7. The second kappa shape index (κ2) is 14.3. The van der Waals surface area contributed by atoms with Crippen LogP contribution in [0.1, 0.15) is 24.0 Å². The molecular weight excluding hydrogens is 737 g/mol. The van der Waals surface area contributed by atoms with Crippen molar-refractivity contribution in [3.05, 3.63) is 242 Å². The minimum absolute atomic E-state index is 0.0526. The largest absolute Gasteiger partial charge is 0.311 e. The quantitative estimate of drug-likeness (QED) is 0.152. The van der Waals surface area contributed by atoms with Crippen molar-refractivity contribution >= 4 is 55.7 Å². The Morgan fingerprint density at radius 3 is 1.39 bits per heavy atom. The lowest BCUT2D eigenvalue weighted by atomic mass is 9.73. The van der Waals surface area contributed by atoms with Crippen molar-refractivity contribution in [1.29, 1.82) is 0 Å². The van der Waals surface area contributed by atoms with Gasteiger partial charge in [-0.25, -0.2) is 0 Å². The molecule has 0 radical (unpaired) electrons. The molecule has 2 aliphatic carbocycles. The first-order chi connectivity index (χ1) is 30.2. The third-order valence-corrected chi connectivity index (χ3v) is 13.0. The summed E-state index contributed by atoms with van der Waals surface area (Å²) in [5.41, 5.74) is 17.6. The summed E-state index contributed by atoms with van der Waals surface area (Å²) in [6.45, 7) is 0. The predicted molar refractivity (Wildman–Crippen MR) is 257 cm³/mol. The van der Waals surface area contributed by atoms with Gasteiger partial charge in [-0.3, -0.25) is 0 Å². The summed E-state index contributed by atoms with van der Waals surface area (Å²) in [6, 6.07) is 84.4. The van der Waals surface area contributed by atoms with Gasteiger partial charge in [0.15, 0.2) is 0 Å². The third kappa shape index (κ3) is 5.94. The highest BCUT2D eigenvalue weighted by molar-refractivity contribution is 6.10. The summed E-state index contributed by atoms with van der Waals surface area (Å²) < 4.78 is 0. The van der Waals surface area contributed by atoms with Gasteiger partial charge in [-0.2, -0.15) is 0 Å². The van der Waals surface area contributed by atoms with E-state index in [1.54, 1.807) is 0 Å². The Balaban J connectivity index is 0.898. The fourth-order valence-corrected chi connectivity index (χ4v) is 9.99. The lowest BCUT2D eigenvalue weighted by molar-refractivity contribution is 0.854. The molecule has 1 fully saturated rings. The molecule has 12 rings (SSSR count). The summed E-state index contributed by atoms with van der Waals surface area (Å²) in [5, 5.41) is 5.21. The zero-order chi connectivity index (χ0) is 40.3. The van der Waals surface area contributed by atoms with Gasteiger partial charge in [0.25, 0.3) is 0 Å². The maximum atomic E-state index is 2.49. The summed E-state index contributed by atoms with van der Waals surface area (Å²) in [5.74, 6) is 0. The van der Waals surface area contributed by atoms with Gasteiger partial charge in [0, 0.05) is 39.5 Å². The molecule has 0 unspecified atom stereocenters. The first-order valence-corrected chi connectivity index (χ1v) is 21.4. The minimum Gasteiger partial charge on any atom is -0.311 e. The Morgan fingerprint density at radius 2 is 0.787 bits per heavy atom. The monoisotopic (exact) mass is 778 g/mol. The molecule has 2 aliphatic rings. The molecule has 1 saturated carbocycles. The van der Waals surface area contributed by atoms with E-state index in [-0.39, 0.29) is 5.41 Å². The van der Waals surface area contributed by atoms with Crippen LogP contribution in [0.25, 0.3) is 54.9 Å². The topological polar surface area (TPSA) is 6.48 Å². The number of rotatable bonds is 8. The molecule has 0 N–H and O–H groups in total. The summed E-state index contributed by atoms with van der Waals surface area (Å²) in [6.07, 6.45) is 2.35. The second-order valence-corrected chi connectivity index (χ2v) is 16.5. The Hall–Kier alpha value is -7.68. The predicted octanol–water partition coefficient (Wildman–Crippen LogP) is 16.3. The lowest BCUT2D eigenvalue weighted by Crippen LogP contribution is -2.16. The summed E-state index contributed by atoms with van der Waals surface area (Å²) in [4.78, 5) is 4.65. The Morgan fingerprint density at radius 1 is 0.295 bits per heavy atom. The molecule has 2 heteroatoms. The van der Waals surface area contributed by atoms with Crippen molar-refractivity contribution in [2.24, 2.45) is 0 Å². The third-order valence-electron chi connectivity index (χ3n) is 13.0. The molecule has 288 valence electrons. The van der Waals surface area contributed by atoms with Crippen LogP contribution < -0.4 is 9.80 Å². The molecule has 0 amide bonds. The van der Waals surface area contributed by atoms with Crippen LogP contribution in [0.4, 0.5) is 34.1 Å². The van der Waals surface area contributed by atoms with Crippen molar-refractivity contribution < 1.29 is 0 Å². The molecule has 10 aromatic rings. The Kier molecular flexibility index (Phi) is 8.24. The fourth-order valence-electron chi connectivity index (χ4n) is 9.99. The van der Waals surface area contributed by atoms with E-state index in [9.17, 15) is 0 Å². The number of benzene rings is 10. The molecule has 0 heterocycles. The standard InChI is InChI=1S/C59H42N2/c1-5-14-46(15-6-1)60(47-16-7-2-8-17-47)50-30-26-41(27-31-50)44-29-33-53-55-23-13-22-54-52(34-35-56(58(54)55)59(36-37-59)57(53)40-44)45-25-24-43-39-51(32-28-42(43)38-45)61(48-18-9-3-10-19-48)49-20-11-4-12-21-49/h1-35,38-40H,36-37H2. The van der Waals surface area contributed by atoms with Crippen molar-refractivity contribution in [2.75, 3.05) is 9.80 Å². The number of fused-ring (bicyclic) bond motifs is 5. The maximum absolute atomic E-state index is 2.49. The van der Waals surface area contributed by atoms with E-state index in [1.165, 1.54) is 78.9 Å². The molecular formula is C59H42N2. The van der Waals surface area contributed by atoms with Crippen molar-refractivity contribution in [1.82, 2.24) is 0 Å². The normalized spacial score (nSPS) is 13.2. The highest BCUT2D eigenvalue weighted by Gasteiger charge is 2.50. The van der Waals surface area contributed by atoms with Crippen LogP contribution in [0.5, 0.6) is 0 Å². The van der Waals surface area contributed by atoms with E-state index in [2.05, 4.69) is 240 Å². The highest BCUT2D eigenvalue weighted by Crippen LogP contribution is 2.62. The molecule has 0 bridgehead atoms. The SMILES string of the molecule is c1ccc(N(c2ccccc2)c2ccc(-c3ccc4c(c3)C3(CC3)c3ccc(-c5ccc6cc(N(c7ccccc7)c7ccccc7)ccc6c5)c5cccc-4c35)cc2)cc1. The van der Waals surface area contributed by atoms with E-state index in [4.69, 9.17) is 0 Å². The number of hydrogen-bond donors (Lipinski definition) is 0. The minimum atomic E-state index is 0.0526. The Bertz CT molecular complexity index is 3150. The van der Waals surface area contributed by atoms with Crippen LogP contribution in [0.2, 0.25) is 0 Å². The van der Waals surface area contributed by atoms with E-state index < -0.39 is 0 Å². The van der Waals surface area contributed by atoms with Gasteiger partial charge >= 0.3 is 0 Å². The van der Waals surface area contributed by atoms with Gasteiger partial charge in [0.2, 0.25) is 0 Å². The molecule has 0 aliphatic heterocycles. The zero-order valence-electron chi connectivity index (χ0n) is 33.7. The molecule has 10 aromatic carbocycles. The van der Waals surface area contributed by atoms with Gasteiger partial charge in [-0.1, -0.05) is 146 Å². The van der Waals surface area contributed by atoms with Crippen molar-refractivity contribution in [3.63, 3.8) is 0 Å². The molecule has 0 saturated heterocycles. The first kappa shape index (κ1) is 35.3. The van der Waals surface area contributed by atoms with Gasteiger partial charge in [-0.05, 0) is 164 Å². The van der Waals surface area contributed by atoms with E-state index in [0.29, 0.717) is 0 Å². The van der Waals surface area contributed by atoms with Crippen LogP contribution >= 0.6 is 0 Å².